The van der Waals surface area contributed by atoms with Gasteiger partial charge in [0.15, 0.2) is 5.60 Å². The van der Waals surface area contributed by atoms with Crippen molar-refractivity contribution < 1.29 is 28.6 Å². The van der Waals surface area contributed by atoms with E-state index in [0.29, 0.717) is 59.9 Å². The second kappa shape index (κ2) is 12.9. The highest BCUT2D eigenvalue weighted by atomic mass is 19.1. The predicted octanol–water partition coefficient (Wildman–Crippen LogP) is 5.31. The molecule has 0 radical (unpaired) electrons. The Labute approximate surface area is 273 Å². The Morgan fingerprint density at radius 3 is 2.55 bits per heavy atom. The molecule has 4 aromatic rings. The number of aromatic nitrogens is 3. The number of benzene rings is 3. The van der Waals surface area contributed by atoms with Crippen molar-refractivity contribution in [3.63, 3.8) is 0 Å². The highest BCUT2D eigenvalue weighted by Crippen LogP contribution is 2.59. The number of aliphatic hydroxyl groups is 1. The molecule has 11 heteroatoms. The van der Waals surface area contributed by atoms with E-state index < -0.39 is 29.2 Å². The summed E-state index contributed by atoms with van der Waals surface area (Å²) < 4.78 is 29.9. The van der Waals surface area contributed by atoms with E-state index in [1.165, 1.54) is 13.8 Å². The molecule has 10 nitrogen and oxygen atoms in total. The predicted molar refractivity (Wildman–Crippen MR) is 175 cm³/mol. The summed E-state index contributed by atoms with van der Waals surface area (Å²) >= 11 is 0. The molecular weight excluding hydrogens is 601 g/mol. The molecule has 0 saturated carbocycles. The molecule has 1 aromatic heterocycles. The largest absolute Gasteiger partial charge is 0.497 e. The molecular formula is C36H40FN5O5. The fraction of sp³-hybridized carbons (Fsp3) is 0.389. The number of hydrogen-bond acceptors (Lipinski definition) is 7. The Balaban J connectivity index is 1.37. The standard InChI is InChI=1S/C36H40FN5O5/c1-23-32(35(2,3)37)31(16-18-41-22-27(17-19-43)39-40-41)47-36(23)29-20-26(38-33(44)25-10-13-28(46-4)14-11-25)12-15-30(29)42(34(36)45)21-24-8-6-5-7-9-24/h5-15,20,22-23,31-32,43H,16-19,21H2,1-4H3,(H,38,44)/t23-,31+,32-,36+/m1/s1. The van der Waals surface area contributed by atoms with Crippen molar-refractivity contribution in [2.24, 2.45) is 11.8 Å². The average molecular weight is 642 g/mol. The Hall–Kier alpha value is -4.61. The summed E-state index contributed by atoms with van der Waals surface area (Å²) in [6.45, 7) is 5.62. The summed E-state index contributed by atoms with van der Waals surface area (Å²) in [4.78, 5) is 29.6. The molecule has 4 atom stereocenters. The van der Waals surface area contributed by atoms with E-state index in [-0.39, 0.29) is 18.4 Å². The second-order valence-corrected chi connectivity index (χ2v) is 12.8. The van der Waals surface area contributed by atoms with Gasteiger partial charge in [0.2, 0.25) is 0 Å². The zero-order chi connectivity index (χ0) is 33.3. The first kappa shape index (κ1) is 32.3. The van der Waals surface area contributed by atoms with E-state index in [0.717, 1.165) is 5.56 Å². The van der Waals surface area contributed by atoms with Crippen LogP contribution in [0, 0.1) is 11.8 Å². The molecule has 3 aromatic carbocycles. The quantitative estimate of drug-likeness (QED) is 0.228. The topological polar surface area (TPSA) is 119 Å². The number of nitrogens with one attached hydrogen (secondary N) is 1. The van der Waals surface area contributed by atoms with Gasteiger partial charge >= 0.3 is 0 Å². The van der Waals surface area contributed by atoms with E-state index in [2.05, 4.69) is 15.6 Å². The number of nitrogens with zero attached hydrogens (tertiary/aromatic N) is 4. The van der Waals surface area contributed by atoms with E-state index in [1.807, 2.05) is 43.3 Å². The van der Waals surface area contributed by atoms with Crippen LogP contribution in [-0.2, 0) is 34.6 Å². The SMILES string of the molecule is COc1ccc(C(=O)Nc2ccc3c(c2)[C@]2(O[C@@H](CCn4cc(CCO)nn4)[C@H](C(C)(C)F)[C@H]2C)C(=O)N3Cc2ccccc2)cc1. The minimum Gasteiger partial charge on any atom is -0.497 e. The van der Waals surface area contributed by atoms with Crippen LogP contribution in [0.5, 0.6) is 5.75 Å². The van der Waals surface area contributed by atoms with Crippen molar-refractivity contribution in [1.29, 1.82) is 0 Å². The van der Waals surface area contributed by atoms with E-state index >= 15 is 4.39 Å². The minimum atomic E-state index is -1.68. The van der Waals surface area contributed by atoms with Gasteiger partial charge < -0.3 is 24.8 Å². The number of anilines is 2. The van der Waals surface area contributed by atoms with Gasteiger partial charge in [-0.2, -0.15) is 0 Å². The van der Waals surface area contributed by atoms with Gasteiger partial charge in [-0.3, -0.25) is 14.3 Å². The first-order chi connectivity index (χ1) is 22.5. The van der Waals surface area contributed by atoms with Crippen LogP contribution in [0.4, 0.5) is 15.8 Å². The summed E-state index contributed by atoms with van der Waals surface area (Å²) in [7, 11) is 1.56. The summed E-state index contributed by atoms with van der Waals surface area (Å²) in [6.07, 6.45) is 1.91. The van der Waals surface area contributed by atoms with Crippen LogP contribution >= 0.6 is 0 Å². The van der Waals surface area contributed by atoms with Crippen molar-refractivity contribution >= 4 is 23.2 Å². The maximum absolute atomic E-state index is 16.2. The number of aliphatic hydroxyl groups excluding tert-OH is 1. The molecule has 47 heavy (non-hydrogen) atoms. The Morgan fingerprint density at radius 2 is 1.87 bits per heavy atom. The van der Waals surface area contributed by atoms with Crippen LogP contribution in [0.25, 0.3) is 0 Å². The molecule has 1 saturated heterocycles. The van der Waals surface area contributed by atoms with Crippen molar-refractivity contribution in [1.82, 2.24) is 15.0 Å². The summed E-state index contributed by atoms with van der Waals surface area (Å²) in [5.74, 6) is -1.12. The van der Waals surface area contributed by atoms with E-state index in [4.69, 9.17) is 9.47 Å². The number of aryl methyl sites for hydroxylation is 1. The molecule has 1 fully saturated rings. The van der Waals surface area contributed by atoms with Gasteiger partial charge in [0.1, 0.15) is 11.4 Å². The summed E-state index contributed by atoms with van der Waals surface area (Å²) in [5.41, 5.74) is 0.647. The summed E-state index contributed by atoms with van der Waals surface area (Å²) in [6, 6.07) is 21.9. The van der Waals surface area contributed by atoms with Crippen molar-refractivity contribution in [2.75, 3.05) is 23.9 Å². The molecule has 3 heterocycles. The number of ether oxygens (including phenoxy) is 2. The van der Waals surface area contributed by atoms with E-state index in [9.17, 15) is 14.7 Å². The monoisotopic (exact) mass is 641 g/mol. The smallest absolute Gasteiger partial charge is 0.264 e. The lowest BCUT2D eigenvalue weighted by Gasteiger charge is -2.32. The number of hydrogen-bond donors (Lipinski definition) is 2. The molecule has 2 aliphatic rings. The second-order valence-electron chi connectivity index (χ2n) is 12.8. The fourth-order valence-electron chi connectivity index (χ4n) is 7.20. The molecule has 2 N–H and O–H groups in total. The van der Waals surface area contributed by atoms with Crippen molar-refractivity contribution in [3.05, 3.63) is 101 Å². The number of carbonyl (C=O) groups is 2. The molecule has 6 rings (SSSR count). The Kier molecular flexibility index (Phi) is 8.86. The van der Waals surface area contributed by atoms with E-state index in [1.54, 1.807) is 59.3 Å². The maximum Gasteiger partial charge on any atom is 0.264 e. The first-order valence-electron chi connectivity index (χ1n) is 15.9. The van der Waals surface area contributed by atoms with Gasteiger partial charge in [0.05, 0.1) is 31.1 Å². The molecule has 0 unspecified atom stereocenters. The molecule has 0 bridgehead atoms. The number of carbonyl (C=O) groups excluding carboxylic acids is 2. The van der Waals surface area contributed by atoms with Crippen molar-refractivity contribution in [2.45, 2.75) is 64.1 Å². The summed E-state index contributed by atoms with van der Waals surface area (Å²) in [5, 5.41) is 20.5. The molecule has 1 spiro atoms. The average Bonchev–Trinajstić information content (AvgIpc) is 3.70. The lowest BCUT2D eigenvalue weighted by Crippen LogP contribution is -2.45. The molecule has 246 valence electrons. The number of alkyl halides is 1. The van der Waals surface area contributed by atoms with Crippen LogP contribution in [0.2, 0.25) is 0 Å². The van der Waals surface area contributed by atoms with Crippen LogP contribution < -0.4 is 15.0 Å². The normalized spacial score (nSPS) is 22.1. The van der Waals surface area contributed by atoms with Crippen LogP contribution in [0.1, 0.15) is 54.4 Å². The van der Waals surface area contributed by atoms with Gasteiger partial charge in [-0.15, -0.1) is 5.10 Å². The number of fused-ring (bicyclic) bond motifs is 2. The van der Waals surface area contributed by atoms with Gasteiger partial charge in [-0.25, -0.2) is 4.39 Å². The number of methoxy groups -OCH3 is 1. The number of halogens is 1. The highest BCUT2D eigenvalue weighted by molar-refractivity contribution is 6.09. The third-order valence-electron chi connectivity index (χ3n) is 9.35. The maximum atomic E-state index is 16.2. The van der Waals surface area contributed by atoms with Crippen LogP contribution in [0.15, 0.2) is 79.0 Å². The molecule has 2 amide bonds. The van der Waals surface area contributed by atoms with Gasteiger partial charge in [-0.05, 0) is 68.3 Å². The third kappa shape index (κ3) is 6.13. The minimum absolute atomic E-state index is 0.0356. The molecule has 0 aliphatic carbocycles. The third-order valence-corrected chi connectivity index (χ3v) is 9.35. The van der Waals surface area contributed by atoms with Crippen LogP contribution in [0.3, 0.4) is 0 Å². The van der Waals surface area contributed by atoms with Gasteiger partial charge in [0.25, 0.3) is 11.8 Å². The number of amides is 2. The first-order valence-corrected chi connectivity index (χ1v) is 15.9. The zero-order valence-corrected chi connectivity index (χ0v) is 27.0. The van der Waals surface area contributed by atoms with Crippen molar-refractivity contribution in [3.8, 4) is 5.75 Å². The van der Waals surface area contributed by atoms with Gasteiger partial charge in [-0.1, -0.05) is 42.5 Å². The Bertz CT molecular complexity index is 1740. The highest BCUT2D eigenvalue weighted by Gasteiger charge is 2.66. The lowest BCUT2D eigenvalue weighted by molar-refractivity contribution is -0.146. The van der Waals surface area contributed by atoms with Gasteiger partial charge in [0, 0.05) is 54.4 Å². The Morgan fingerprint density at radius 1 is 1.13 bits per heavy atom. The molecule has 2 aliphatic heterocycles. The van der Waals surface area contributed by atoms with Crippen LogP contribution in [-0.4, -0.2) is 57.4 Å². The zero-order valence-electron chi connectivity index (χ0n) is 27.0. The fourth-order valence-corrected chi connectivity index (χ4v) is 7.20. The number of rotatable bonds is 11. The lowest BCUT2D eigenvalue weighted by atomic mass is 9.71.